The van der Waals surface area contributed by atoms with Gasteiger partial charge in [-0.25, -0.2) is 18.7 Å². The van der Waals surface area contributed by atoms with E-state index < -0.39 is 17.9 Å². The zero-order chi connectivity index (χ0) is 24.1. The second kappa shape index (κ2) is 8.76. The molecule has 0 spiro atoms. The van der Waals surface area contributed by atoms with Crippen LogP contribution in [-0.4, -0.2) is 63.8 Å². The highest BCUT2D eigenvalue weighted by molar-refractivity contribution is 5.74. The van der Waals surface area contributed by atoms with Crippen LogP contribution in [0.25, 0.3) is 5.65 Å². The lowest BCUT2D eigenvalue weighted by atomic mass is 9.80. The van der Waals surface area contributed by atoms with E-state index in [2.05, 4.69) is 17.0 Å². The molecule has 2 amide bonds. The van der Waals surface area contributed by atoms with Crippen LogP contribution in [0.3, 0.4) is 0 Å². The minimum absolute atomic E-state index is 0.0118. The predicted molar refractivity (Wildman–Crippen MR) is 116 cm³/mol. The molecule has 6 nitrogen and oxygen atoms in total. The normalized spacial score (nSPS) is 26.6. The zero-order valence-electron chi connectivity index (χ0n) is 19.5. The molecule has 0 unspecified atom stereocenters. The van der Waals surface area contributed by atoms with E-state index in [-0.39, 0.29) is 60.8 Å². The number of nitrogens with zero attached hydrogens (tertiary/aromatic N) is 5. The number of likely N-dealkylation sites (tertiary alicyclic amines) is 1. The van der Waals surface area contributed by atoms with Crippen molar-refractivity contribution >= 4 is 11.7 Å². The summed E-state index contributed by atoms with van der Waals surface area (Å²) in [4.78, 5) is 20.3. The molecule has 2 aliphatic rings. The van der Waals surface area contributed by atoms with E-state index in [1.54, 1.807) is 30.8 Å². The molecule has 2 aromatic heterocycles. The third-order valence-electron chi connectivity index (χ3n) is 7.28. The van der Waals surface area contributed by atoms with Gasteiger partial charge in [0.1, 0.15) is 5.69 Å². The van der Waals surface area contributed by atoms with Crippen LogP contribution in [0.15, 0.2) is 6.07 Å². The summed E-state index contributed by atoms with van der Waals surface area (Å²) in [5.41, 5.74) is 1.75. The van der Waals surface area contributed by atoms with Gasteiger partial charge >= 0.3 is 12.2 Å². The zero-order valence-corrected chi connectivity index (χ0v) is 19.5. The number of hydrogen-bond donors (Lipinski definition) is 0. The monoisotopic (exact) mass is 469 g/mol. The number of carbonyl (C=O) groups is 1. The Morgan fingerprint density at radius 1 is 1.15 bits per heavy atom. The van der Waals surface area contributed by atoms with Crippen molar-refractivity contribution in [2.24, 2.45) is 11.8 Å². The molecule has 10 heteroatoms. The maximum atomic E-state index is 15.4. The summed E-state index contributed by atoms with van der Waals surface area (Å²) in [6.45, 7) is 5.05. The van der Waals surface area contributed by atoms with Gasteiger partial charge in [-0.3, -0.25) is 0 Å². The van der Waals surface area contributed by atoms with Gasteiger partial charge < -0.3 is 9.80 Å². The summed E-state index contributed by atoms with van der Waals surface area (Å²) < 4.78 is 56.1. The number of piperidine rings is 1. The van der Waals surface area contributed by atoms with Crippen LogP contribution in [-0.2, 0) is 0 Å². The maximum absolute atomic E-state index is 15.4. The second-order valence-electron chi connectivity index (χ2n) is 9.84. The molecule has 0 radical (unpaired) electrons. The Kier molecular flexibility index (Phi) is 6.30. The van der Waals surface area contributed by atoms with E-state index in [1.165, 1.54) is 4.52 Å². The van der Waals surface area contributed by atoms with Crippen LogP contribution in [0.1, 0.15) is 67.9 Å². The first-order valence-electron chi connectivity index (χ1n) is 11.6. The van der Waals surface area contributed by atoms with Gasteiger partial charge in [-0.2, -0.15) is 18.3 Å². The van der Waals surface area contributed by atoms with Gasteiger partial charge in [0.05, 0.1) is 11.6 Å². The fraction of sp³-hybridized carbons (Fsp3) is 0.696. The van der Waals surface area contributed by atoms with E-state index in [4.69, 9.17) is 0 Å². The summed E-state index contributed by atoms with van der Waals surface area (Å²) in [6, 6.07) is 1.82. The molecule has 4 rings (SSSR count). The molecule has 1 aliphatic carbocycles. The number of aryl methyl sites for hydroxylation is 1. The molecular weight excluding hydrogens is 438 g/mol. The van der Waals surface area contributed by atoms with Crippen molar-refractivity contribution < 1.29 is 22.4 Å². The third kappa shape index (κ3) is 4.53. The average molecular weight is 470 g/mol. The average Bonchev–Trinajstić information content (AvgIpc) is 3.09. The minimum atomic E-state index is -4.21. The third-order valence-corrected chi connectivity index (χ3v) is 7.28. The van der Waals surface area contributed by atoms with Gasteiger partial charge in [-0.1, -0.05) is 6.92 Å². The molecule has 1 saturated heterocycles. The second-order valence-corrected chi connectivity index (χ2v) is 9.84. The van der Waals surface area contributed by atoms with Gasteiger partial charge in [0, 0.05) is 44.7 Å². The molecule has 2 aromatic rings. The first-order valence-corrected chi connectivity index (χ1v) is 11.6. The van der Waals surface area contributed by atoms with Crippen molar-refractivity contribution in [1.29, 1.82) is 0 Å². The molecule has 0 aromatic carbocycles. The van der Waals surface area contributed by atoms with Crippen molar-refractivity contribution in [2.45, 2.75) is 64.0 Å². The standard InChI is InChI=1S/C23H31F4N5O/c1-13-9-10-31(22(33)30(3)4)12-17(13)18-11-14(2)28-21-19(24)20(29-32(18)21)15-5-7-16(8-6-15)23(25,26)27/h11,13,15-17H,5-10,12H2,1-4H3/t13-,15?,16?,17+/m0/s1. The number of urea groups is 1. The minimum Gasteiger partial charge on any atom is -0.331 e. The van der Waals surface area contributed by atoms with Gasteiger partial charge in [0.25, 0.3) is 0 Å². The molecule has 1 aliphatic heterocycles. The first-order chi connectivity index (χ1) is 15.5. The van der Waals surface area contributed by atoms with Crippen LogP contribution in [0.2, 0.25) is 0 Å². The SMILES string of the molecule is Cc1cc([C@@H]2CN(C(=O)N(C)C)CC[C@@H]2C)n2nc(C3CCC(C(F)(F)F)CC3)c(F)c2n1. The highest BCUT2D eigenvalue weighted by Gasteiger charge is 2.42. The Labute approximate surface area is 190 Å². The van der Waals surface area contributed by atoms with Gasteiger partial charge in [-0.05, 0) is 51.0 Å². The largest absolute Gasteiger partial charge is 0.391 e. The Bertz CT molecular complexity index is 1030. The summed E-state index contributed by atoms with van der Waals surface area (Å²) in [6.07, 6.45) is -2.91. The molecule has 2 fully saturated rings. The Morgan fingerprint density at radius 3 is 2.42 bits per heavy atom. The van der Waals surface area contributed by atoms with Crippen molar-refractivity contribution in [3.05, 3.63) is 29.0 Å². The molecule has 3 heterocycles. The topological polar surface area (TPSA) is 53.7 Å². The number of rotatable bonds is 2. The fourth-order valence-corrected chi connectivity index (χ4v) is 5.29. The van der Waals surface area contributed by atoms with E-state index in [1.807, 2.05) is 6.07 Å². The fourth-order valence-electron chi connectivity index (χ4n) is 5.29. The Balaban J connectivity index is 1.67. The van der Waals surface area contributed by atoms with Crippen LogP contribution in [0.5, 0.6) is 0 Å². The van der Waals surface area contributed by atoms with E-state index >= 15 is 4.39 Å². The highest BCUT2D eigenvalue weighted by Crippen LogP contribution is 2.43. The highest BCUT2D eigenvalue weighted by atomic mass is 19.4. The Hall–Kier alpha value is -2.39. The number of hydrogen-bond acceptors (Lipinski definition) is 3. The smallest absolute Gasteiger partial charge is 0.331 e. The lowest BCUT2D eigenvalue weighted by molar-refractivity contribution is -0.182. The van der Waals surface area contributed by atoms with Gasteiger partial charge in [0.2, 0.25) is 0 Å². The quantitative estimate of drug-likeness (QED) is 0.574. The van der Waals surface area contributed by atoms with Crippen LogP contribution in [0, 0.1) is 24.6 Å². The van der Waals surface area contributed by atoms with Crippen molar-refractivity contribution in [3.63, 3.8) is 0 Å². The molecule has 1 saturated carbocycles. The molecule has 0 N–H and O–H groups in total. The van der Waals surface area contributed by atoms with Crippen molar-refractivity contribution in [1.82, 2.24) is 24.4 Å². The van der Waals surface area contributed by atoms with Crippen LogP contribution < -0.4 is 0 Å². The Morgan fingerprint density at radius 2 is 1.82 bits per heavy atom. The number of halogens is 4. The number of aromatic nitrogens is 3. The molecular formula is C23H31F4N5O. The number of fused-ring (bicyclic) bond motifs is 1. The van der Waals surface area contributed by atoms with Crippen LogP contribution in [0.4, 0.5) is 22.4 Å². The number of carbonyl (C=O) groups excluding carboxylic acids is 1. The maximum Gasteiger partial charge on any atom is 0.391 e. The number of alkyl halides is 3. The lowest BCUT2D eigenvalue weighted by Crippen LogP contribution is -2.46. The summed E-state index contributed by atoms with van der Waals surface area (Å²) in [7, 11) is 3.43. The molecule has 182 valence electrons. The summed E-state index contributed by atoms with van der Waals surface area (Å²) in [5.74, 6) is -2.03. The van der Waals surface area contributed by atoms with Crippen LogP contribution >= 0.6 is 0 Å². The first kappa shape index (κ1) is 23.8. The van der Waals surface area contributed by atoms with Crippen molar-refractivity contribution in [2.75, 3.05) is 27.2 Å². The predicted octanol–water partition coefficient (Wildman–Crippen LogP) is 5.12. The molecule has 0 bridgehead atoms. The van der Waals surface area contributed by atoms with E-state index in [0.29, 0.717) is 18.8 Å². The van der Waals surface area contributed by atoms with Gasteiger partial charge in [0.15, 0.2) is 11.5 Å². The molecule has 2 atom stereocenters. The molecule has 33 heavy (non-hydrogen) atoms. The van der Waals surface area contributed by atoms with Gasteiger partial charge in [-0.15, -0.1) is 0 Å². The number of amides is 2. The van der Waals surface area contributed by atoms with Crippen molar-refractivity contribution in [3.8, 4) is 0 Å². The van der Waals surface area contributed by atoms with E-state index in [9.17, 15) is 18.0 Å². The van der Waals surface area contributed by atoms with E-state index in [0.717, 1.165) is 12.1 Å². The summed E-state index contributed by atoms with van der Waals surface area (Å²) >= 11 is 0. The lowest BCUT2D eigenvalue weighted by Gasteiger charge is -2.38. The summed E-state index contributed by atoms with van der Waals surface area (Å²) in [5, 5.41) is 4.56.